The maximum absolute atomic E-state index is 13.0. The molecule has 1 atom stereocenters. The first kappa shape index (κ1) is 26.3. The summed E-state index contributed by atoms with van der Waals surface area (Å²) >= 11 is 0. The second-order valence-electron chi connectivity index (χ2n) is 10.2. The van der Waals surface area contributed by atoms with Crippen molar-refractivity contribution < 1.29 is 23.8 Å². The zero-order chi connectivity index (χ0) is 26.9. The number of nitrogens with zero attached hydrogens (tertiary/aromatic N) is 5. The quantitative estimate of drug-likeness (QED) is 0.501. The van der Waals surface area contributed by atoms with Crippen LogP contribution in [0, 0.1) is 13.8 Å². The molecule has 0 aliphatic carbocycles. The monoisotopic (exact) mass is 510 g/mol. The Bertz CT molecular complexity index is 1330. The summed E-state index contributed by atoms with van der Waals surface area (Å²) in [5, 5.41) is 8.45. The first-order valence-electron chi connectivity index (χ1n) is 12.2. The van der Waals surface area contributed by atoms with Gasteiger partial charge in [-0.15, -0.1) is 0 Å². The van der Waals surface area contributed by atoms with Crippen LogP contribution < -0.4 is 10.1 Å². The Labute approximate surface area is 216 Å². The topological polar surface area (TPSA) is 121 Å². The molecule has 1 aliphatic heterocycles. The first-order valence-corrected chi connectivity index (χ1v) is 12.2. The Morgan fingerprint density at radius 1 is 1.24 bits per heavy atom. The number of fused-ring (bicyclic) bond motifs is 1. The lowest BCUT2D eigenvalue weighted by molar-refractivity contribution is 0.0290. The molecule has 2 amide bonds. The van der Waals surface area contributed by atoms with Gasteiger partial charge in [0.2, 0.25) is 0 Å². The molecular weight excluding hydrogens is 476 g/mol. The molecule has 3 aromatic rings. The Morgan fingerprint density at radius 2 is 2.00 bits per heavy atom. The van der Waals surface area contributed by atoms with Crippen LogP contribution in [0.4, 0.5) is 4.79 Å². The SMILES string of the molecule is COCOc1c(-c2ncc(C(=O)NC3CCN(C(=O)OC(C)(C)C)C3)c(C)n2)cc2cn(C)nc2c1C. The van der Waals surface area contributed by atoms with Crippen molar-refractivity contribution in [1.29, 1.82) is 0 Å². The molecule has 11 nitrogen and oxygen atoms in total. The Hall–Kier alpha value is -3.73. The number of benzene rings is 1. The summed E-state index contributed by atoms with van der Waals surface area (Å²) in [6, 6.07) is 1.75. The van der Waals surface area contributed by atoms with Crippen molar-refractivity contribution in [3.05, 3.63) is 35.3 Å². The van der Waals surface area contributed by atoms with Gasteiger partial charge in [-0.2, -0.15) is 5.10 Å². The van der Waals surface area contributed by atoms with Gasteiger partial charge in [0.25, 0.3) is 5.91 Å². The minimum Gasteiger partial charge on any atom is -0.466 e. The third kappa shape index (κ3) is 5.82. The Kier molecular flexibility index (Phi) is 7.35. The largest absolute Gasteiger partial charge is 0.466 e. The summed E-state index contributed by atoms with van der Waals surface area (Å²) in [5.74, 6) is 0.735. The number of hydrogen-bond donors (Lipinski definition) is 1. The summed E-state index contributed by atoms with van der Waals surface area (Å²) in [7, 11) is 3.42. The molecule has 37 heavy (non-hydrogen) atoms. The fourth-order valence-electron chi connectivity index (χ4n) is 4.36. The molecule has 0 radical (unpaired) electrons. The van der Waals surface area contributed by atoms with Crippen LogP contribution in [0.2, 0.25) is 0 Å². The Morgan fingerprint density at radius 3 is 2.68 bits per heavy atom. The van der Waals surface area contributed by atoms with Crippen molar-refractivity contribution in [1.82, 2.24) is 30.0 Å². The van der Waals surface area contributed by atoms with Crippen molar-refractivity contribution in [3.8, 4) is 17.1 Å². The minimum atomic E-state index is -0.566. The van der Waals surface area contributed by atoms with Gasteiger partial charge in [0, 0.05) is 56.6 Å². The number of nitrogens with one attached hydrogen (secondary N) is 1. The van der Waals surface area contributed by atoms with Gasteiger partial charge in [-0.3, -0.25) is 9.48 Å². The molecule has 1 saturated heterocycles. The van der Waals surface area contributed by atoms with Crippen LogP contribution in [-0.2, 0) is 16.5 Å². The van der Waals surface area contributed by atoms with E-state index in [-0.39, 0.29) is 24.8 Å². The van der Waals surface area contributed by atoms with E-state index >= 15 is 0 Å². The van der Waals surface area contributed by atoms with Gasteiger partial charge in [0.1, 0.15) is 11.4 Å². The average Bonchev–Trinajstić information content (AvgIpc) is 3.43. The molecule has 1 unspecified atom stereocenters. The summed E-state index contributed by atoms with van der Waals surface area (Å²) in [6.45, 7) is 10.2. The third-order valence-corrected chi connectivity index (χ3v) is 6.06. The van der Waals surface area contributed by atoms with Crippen LogP contribution >= 0.6 is 0 Å². The predicted octanol–water partition coefficient (Wildman–Crippen LogP) is 3.37. The number of amides is 2. The number of rotatable bonds is 6. The second kappa shape index (κ2) is 10.3. The summed E-state index contributed by atoms with van der Waals surface area (Å²) in [4.78, 5) is 36.1. The van der Waals surface area contributed by atoms with E-state index in [2.05, 4.69) is 20.4 Å². The van der Waals surface area contributed by atoms with Crippen molar-refractivity contribution >= 4 is 22.9 Å². The summed E-state index contributed by atoms with van der Waals surface area (Å²) in [6.07, 6.45) is 3.72. The van der Waals surface area contributed by atoms with E-state index in [1.807, 2.05) is 47.0 Å². The van der Waals surface area contributed by atoms with Crippen LogP contribution in [0.5, 0.6) is 5.75 Å². The fraction of sp³-hybridized carbons (Fsp3) is 0.500. The van der Waals surface area contributed by atoms with Gasteiger partial charge in [0.15, 0.2) is 12.6 Å². The Balaban J connectivity index is 1.53. The van der Waals surface area contributed by atoms with Crippen molar-refractivity contribution in [3.63, 3.8) is 0 Å². The van der Waals surface area contributed by atoms with Crippen LogP contribution in [0.3, 0.4) is 0 Å². The first-order chi connectivity index (χ1) is 17.5. The van der Waals surface area contributed by atoms with E-state index in [0.29, 0.717) is 47.9 Å². The molecule has 1 aromatic carbocycles. The number of ether oxygens (including phenoxy) is 3. The lowest BCUT2D eigenvalue weighted by Crippen LogP contribution is -2.40. The minimum absolute atomic E-state index is 0.0629. The average molecular weight is 511 g/mol. The van der Waals surface area contributed by atoms with E-state index in [1.165, 1.54) is 6.20 Å². The molecule has 0 spiro atoms. The third-order valence-electron chi connectivity index (χ3n) is 6.06. The predicted molar refractivity (Wildman–Crippen MR) is 137 cm³/mol. The van der Waals surface area contributed by atoms with Gasteiger partial charge < -0.3 is 24.4 Å². The molecule has 11 heteroatoms. The zero-order valence-corrected chi connectivity index (χ0v) is 22.4. The molecule has 1 aliphatic rings. The highest BCUT2D eigenvalue weighted by Gasteiger charge is 2.31. The summed E-state index contributed by atoms with van der Waals surface area (Å²) < 4.78 is 18.2. The van der Waals surface area contributed by atoms with E-state index in [0.717, 1.165) is 16.5 Å². The number of aromatic nitrogens is 4. The molecule has 3 heterocycles. The van der Waals surface area contributed by atoms with E-state index in [4.69, 9.17) is 14.2 Å². The van der Waals surface area contributed by atoms with Gasteiger partial charge in [-0.25, -0.2) is 14.8 Å². The van der Waals surface area contributed by atoms with E-state index in [1.54, 1.807) is 23.6 Å². The normalized spacial score (nSPS) is 15.8. The van der Waals surface area contributed by atoms with Crippen LogP contribution in [0.25, 0.3) is 22.3 Å². The molecule has 2 aromatic heterocycles. The molecule has 4 rings (SSSR count). The number of carbonyl (C=O) groups excluding carboxylic acids is 2. The van der Waals surface area contributed by atoms with Crippen molar-refractivity contribution in [2.24, 2.45) is 7.05 Å². The van der Waals surface area contributed by atoms with Crippen LogP contribution in [0.15, 0.2) is 18.5 Å². The highest BCUT2D eigenvalue weighted by atomic mass is 16.7. The highest BCUT2D eigenvalue weighted by molar-refractivity contribution is 5.95. The lowest BCUT2D eigenvalue weighted by atomic mass is 10.0. The highest BCUT2D eigenvalue weighted by Crippen LogP contribution is 2.36. The number of aryl methyl sites for hydroxylation is 3. The number of methoxy groups -OCH3 is 1. The molecule has 1 fully saturated rings. The van der Waals surface area contributed by atoms with Gasteiger partial charge in [-0.05, 0) is 47.1 Å². The molecule has 0 saturated carbocycles. The van der Waals surface area contributed by atoms with Gasteiger partial charge in [0.05, 0.1) is 22.3 Å². The number of hydrogen-bond acceptors (Lipinski definition) is 8. The number of carbonyl (C=O) groups is 2. The number of likely N-dealkylation sites (tertiary alicyclic amines) is 1. The maximum Gasteiger partial charge on any atom is 0.410 e. The molecule has 198 valence electrons. The van der Waals surface area contributed by atoms with E-state index in [9.17, 15) is 9.59 Å². The van der Waals surface area contributed by atoms with Crippen LogP contribution in [0.1, 0.15) is 48.8 Å². The van der Waals surface area contributed by atoms with E-state index < -0.39 is 5.60 Å². The zero-order valence-electron chi connectivity index (χ0n) is 22.4. The standard InChI is InChI=1S/C26H34N6O5/c1-15-21-17(12-31(6)30-21)10-19(22(15)36-14-35-7)23-27-11-20(16(2)28-23)24(33)29-18-8-9-32(13-18)25(34)37-26(3,4)5/h10-12,18H,8-9,13-14H2,1-7H3,(H,29,33). The van der Waals surface area contributed by atoms with Crippen LogP contribution in [-0.4, -0.2) is 75.3 Å². The van der Waals surface area contributed by atoms with Crippen molar-refractivity contribution in [2.75, 3.05) is 27.0 Å². The van der Waals surface area contributed by atoms with Gasteiger partial charge in [-0.1, -0.05) is 0 Å². The maximum atomic E-state index is 13.0. The van der Waals surface area contributed by atoms with Gasteiger partial charge >= 0.3 is 6.09 Å². The fourth-order valence-corrected chi connectivity index (χ4v) is 4.36. The van der Waals surface area contributed by atoms with Crippen molar-refractivity contribution in [2.45, 2.75) is 52.7 Å². The molecule has 0 bridgehead atoms. The molecular formula is C26H34N6O5. The molecule has 1 N–H and O–H groups in total. The second-order valence-corrected chi connectivity index (χ2v) is 10.2. The smallest absolute Gasteiger partial charge is 0.410 e. The summed E-state index contributed by atoms with van der Waals surface area (Å²) in [5.41, 5.74) is 2.70. The lowest BCUT2D eigenvalue weighted by Gasteiger charge is -2.24.